The van der Waals surface area contributed by atoms with Crippen LogP contribution in [0.25, 0.3) is 4.91 Å². The van der Waals surface area contributed by atoms with E-state index in [1.54, 1.807) is 0 Å². The largest absolute Gasteiger partial charge is 0.247 e. The summed E-state index contributed by atoms with van der Waals surface area (Å²) in [5.74, 6) is 1.09. The van der Waals surface area contributed by atoms with Gasteiger partial charge in [-0.2, -0.15) is 0 Å². The number of thioether (sulfide) groups is 1. The van der Waals surface area contributed by atoms with Gasteiger partial charge in [0.15, 0.2) is 0 Å². The fourth-order valence-electron chi connectivity index (χ4n) is 1.58. The molecule has 0 bridgehead atoms. The summed E-state index contributed by atoms with van der Waals surface area (Å²) in [5.41, 5.74) is 1.18. The molecule has 0 spiro atoms. The van der Waals surface area contributed by atoms with E-state index in [1.807, 2.05) is 17.8 Å². The normalized spacial score (nSPS) is 18.3. The van der Waals surface area contributed by atoms with Crippen LogP contribution in [0, 0.1) is 0 Å². The van der Waals surface area contributed by atoms with E-state index in [9.17, 15) is 0 Å². The SMILES string of the molecule is C1=C2N=c3ccccc3=C2SC1. The van der Waals surface area contributed by atoms with Gasteiger partial charge in [-0.15, -0.1) is 11.8 Å². The topological polar surface area (TPSA) is 12.4 Å². The van der Waals surface area contributed by atoms with Crippen LogP contribution in [0.2, 0.25) is 0 Å². The Balaban J connectivity index is 2.52. The van der Waals surface area contributed by atoms with Gasteiger partial charge < -0.3 is 0 Å². The van der Waals surface area contributed by atoms with Crippen molar-refractivity contribution < 1.29 is 0 Å². The maximum absolute atomic E-state index is 4.52. The number of hydrogen-bond acceptors (Lipinski definition) is 2. The summed E-state index contributed by atoms with van der Waals surface area (Å²) in [4.78, 5) is 5.88. The first-order valence-electron chi connectivity index (χ1n) is 3.96. The van der Waals surface area contributed by atoms with Crippen molar-refractivity contribution in [1.82, 2.24) is 0 Å². The molecule has 0 radical (unpaired) electrons. The summed E-state index contributed by atoms with van der Waals surface area (Å²) in [5, 5.41) is 2.44. The van der Waals surface area contributed by atoms with E-state index in [1.165, 1.54) is 15.8 Å². The number of fused-ring (bicyclic) bond motifs is 2. The molecule has 2 aliphatic heterocycles. The van der Waals surface area contributed by atoms with Crippen molar-refractivity contribution in [2.45, 2.75) is 0 Å². The van der Waals surface area contributed by atoms with Gasteiger partial charge in [0, 0.05) is 15.9 Å². The van der Waals surface area contributed by atoms with E-state index >= 15 is 0 Å². The van der Waals surface area contributed by atoms with E-state index in [0.717, 1.165) is 11.1 Å². The summed E-state index contributed by atoms with van der Waals surface area (Å²) in [6.07, 6.45) is 2.19. The summed E-state index contributed by atoms with van der Waals surface area (Å²) in [6, 6.07) is 8.33. The Morgan fingerprint density at radius 3 is 3.17 bits per heavy atom. The first-order chi connectivity index (χ1) is 5.95. The molecular weight excluding hydrogens is 166 g/mol. The van der Waals surface area contributed by atoms with Crippen molar-refractivity contribution in [2.75, 3.05) is 5.75 Å². The molecular formula is C10H7NS. The molecule has 58 valence electrons. The van der Waals surface area contributed by atoms with Crippen molar-refractivity contribution >= 4 is 16.7 Å². The molecule has 0 amide bonds. The Kier molecular flexibility index (Phi) is 1.21. The predicted molar refractivity (Wildman–Crippen MR) is 51.2 cm³/mol. The lowest BCUT2D eigenvalue weighted by atomic mass is 10.3. The maximum atomic E-state index is 4.52. The van der Waals surface area contributed by atoms with Gasteiger partial charge >= 0.3 is 0 Å². The summed E-state index contributed by atoms with van der Waals surface area (Å²) < 4.78 is 0. The van der Waals surface area contributed by atoms with Crippen LogP contribution in [0.3, 0.4) is 0 Å². The lowest BCUT2D eigenvalue weighted by Gasteiger charge is -1.89. The third-order valence-corrected chi connectivity index (χ3v) is 3.18. The van der Waals surface area contributed by atoms with Crippen LogP contribution in [-0.4, -0.2) is 5.75 Å². The lowest BCUT2D eigenvalue weighted by Crippen LogP contribution is -2.21. The van der Waals surface area contributed by atoms with Crippen LogP contribution in [0.4, 0.5) is 0 Å². The average molecular weight is 173 g/mol. The molecule has 0 saturated carbocycles. The van der Waals surface area contributed by atoms with Crippen molar-refractivity contribution in [2.24, 2.45) is 4.99 Å². The number of nitrogens with zero attached hydrogens (tertiary/aromatic N) is 1. The van der Waals surface area contributed by atoms with Gasteiger partial charge in [-0.25, -0.2) is 4.99 Å². The molecule has 2 heterocycles. The smallest absolute Gasteiger partial charge is 0.0748 e. The summed E-state index contributed by atoms with van der Waals surface area (Å²) in [7, 11) is 0. The Hall–Kier alpha value is -1.02. The quantitative estimate of drug-likeness (QED) is 0.571. The highest BCUT2D eigenvalue weighted by Crippen LogP contribution is 2.32. The molecule has 0 atom stereocenters. The van der Waals surface area contributed by atoms with Crippen LogP contribution in [0.15, 0.2) is 41.0 Å². The summed E-state index contributed by atoms with van der Waals surface area (Å²) in [6.45, 7) is 0. The van der Waals surface area contributed by atoms with Crippen LogP contribution >= 0.6 is 11.8 Å². The minimum Gasteiger partial charge on any atom is -0.247 e. The number of benzene rings is 1. The third kappa shape index (κ3) is 0.730. The second-order valence-electron chi connectivity index (χ2n) is 2.86. The molecule has 0 aliphatic carbocycles. The van der Waals surface area contributed by atoms with Crippen LogP contribution in [0.5, 0.6) is 0 Å². The molecule has 1 aromatic rings. The molecule has 12 heavy (non-hydrogen) atoms. The fourth-order valence-corrected chi connectivity index (χ4v) is 2.59. The zero-order valence-electron chi connectivity index (χ0n) is 6.45. The second kappa shape index (κ2) is 2.23. The molecule has 2 aliphatic rings. The zero-order valence-corrected chi connectivity index (χ0v) is 7.27. The lowest BCUT2D eigenvalue weighted by molar-refractivity contribution is 1.31. The van der Waals surface area contributed by atoms with E-state index in [-0.39, 0.29) is 0 Å². The first-order valence-corrected chi connectivity index (χ1v) is 4.95. The van der Waals surface area contributed by atoms with Gasteiger partial charge in [-0.05, 0) is 12.1 Å². The van der Waals surface area contributed by atoms with Crippen LogP contribution in [-0.2, 0) is 0 Å². The van der Waals surface area contributed by atoms with E-state index in [2.05, 4.69) is 29.3 Å². The molecule has 1 nitrogen and oxygen atoms in total. The van der Waals surface area contributed by atoms with Crippen LogP contribution in [0.1, 0.15) is 0 Å². The Morgan fingerprint density at radius 2 is 2.17 bits per heavy atom. The van der Waals surface area contributed by atoms with E-state index < -0.39 is 0 Å². The number of hydrogen-bond donors (Lipinski definition) is 0. The van der Waals surface area contributed by atoms with Crippen molar-refractivity contribution in [1.29, 1.82) is 0 Å². The van der Waals surface area contributed by atoms with E-state index in [0.29, 0.717) is 0 Å². The van der Waals surface area contributed by atoms with Gasteiger partial charge in [0.1, 0.15) is 0 Å². The minimum absolute atomic E-state index is 1.09. The zero-order chi connectivity index (χ0) is 7.97. The number of rotatable bonds is 0. The molecule has 1 aromatic carbocycles. The van der Waals surface area contributed by atoms with Gasteiger partial charge in [0.25, 0.3) is 0 Å². The van der Waals surface area contributed by atoms with Crippen molar-refractivity contribution in [3.8, 4) is 0 Å². The predicted octanol–water partition coefficient (Wildman–Crippen LogP) is 1.06. The van der Waals surface area contributed by atoms with Gasteiger partial charge in [-0.3, -0.25) is 0 Å². The standard InChI is InChI=1S/C10H7NS/c1-2-4-8-7(3-1)10-9(11-8)5-6-12-10/h1-5H,6H2. The average Bonchev–Trinajstić information content (AvgIpc) is 2.62. The Labute approximate surface area is 74.5 Å². The van der Waals surface area contributed by atoms with Crippen LogP contribution < -0.4 is 10.6 Å². The Bertz CT molecular complexity index is 485. The van der Waals surface area contributed by atoms with Gasteiger partial charge in [0.05, 0.1) is 11.1 Å². The monoisotopic (exact) mass is 173 g/mol. The van der Waals surface area contributed by atoms with Crippen molar-refractivity contribution in [3.05, 3.63) is 46.6 Å². The highest BCUT2D eigenvalue weighted by atomic mass is 32.2. The highest BCUT2D eigenvalue weighted by molar-refractivity contribution is 8.08. The van der Waals surface area contributed by atoms with Crippen molar-refractivity contribution in [3.63, 3.8) is 0 Å². The number of para-hydroxylation sites is 1. The molecule has 2 heteroatoms. The van der Waals surface area contributed by atoms with Gasteiger partial charge in [-0.1, -0.05) is 18.2 Å². The molecule has 3 rings (SSSR count). The summed E-state index contributed by atoms with van der Waals surface area (Å²) >= 11 is 1.89. The molecule has 0 unspecified atom stereocenters. The Morgan fingerprint density at radius 1 is 1.25 bits per heavy atom. The first kappa shape index (κ1) is 6.49. The highest BCUT2D eigenvalue weighted by Gasteiger charge is 2.16. The molecule has 0 N–H and O–H groups in total. The van der Waals surface area contributed by atoms with Gasteiger partial charge in [0.2, 0.25) is 0 Å². The third-order valence-electron chi connectivity index (χ3n) is 2.13. The maximum Gasteiger partial charge on any atom is 0.0748 e. The fraction of sp³-hybridized carbons (Fsp3) is 0.100. The van der Waals surface area contributed by atoms with E-state index in [4.69, 9.17) is 0 Å². The molecule has 0 saturated heterocycles. The molecule has 0 aromatic heterocycles. The molecule has 0 fully saturated rings. The second-order valence-corrected chi connectivity index (χ2v) is 3.89. The minimum atomic E-state index is 1.09.